The van der Waals surface area contributed by atoms with E-state index < -0.39 is 8.07 Å². The number of hydrogen-bond acceptors (Lipinski definition) is 0. The second kappa shape index (κ2) is 6.43. The van der Waals surface area contributed by atoms with Crippen LogP contribution in [0.3, 0.4) is 0 Å². The molecule has 1 rings (SSSR count). The molecule has 0 aromatic carbocycles. The third kappa shape index (κ3) is 2.95. The van der Waals surface area contributed by atoms with Crippen LogP contribution in [0.1, 0.15) is 46.5 Å². The number of rotatable bonds is 3. The molecular weight excluding hydrogens is 287 g/mol. The molecule has 1 fully saturated rings. The molecule has 1 aliphatic rings. The van der Waals surface area contributed by atoms with Gasteiger partial charge < -0.3 is 0 Å². The lowest BCUT2D eigenvalue weighted by atomic mass is 10.1. The van der Waals surface area contributed by atoms with Crippen molar-refractivity contribution < 1.29 is 0 Å². The summed E-state index contributed by atoms with van der Waals surface area (Å²) in [6.07, 6.45) is 6.09. The second-order valence-electron chi connectivity index (χ2n) is 4.42. The highest BCUT2D eigenvalue weighted by Gasteiger charge is 2.38. The Morgan fingerprint density at radius 2 is 1.69 bits per heavy atom. The second-order valence-corrected chi connectivity index (χ2v) is 9.88. The van der Waals surface area contributed by atoms with E-state index in [9.17, 15) is 0 Å². The van der Waals surface area contributed by atoms with Crippen molar-refractivity contribution in [1.82, 2.24) is 0 Å². The molecule has 0 spiro atoms. The molecule has 0 bridgehead atoms. The topological polar surface area (TPSA) is 0 Å². The standard InChI is InChI=1S/C11H24Si.HI/c1-4-11-9-7-8-10-12(11,5-2)6-3;/h11H,4-10H2,1-3H3;1H. The highest BCUT2D eigenvalue weighted by Crippen LogP contribution is 2.44. The monoisotopic (exact) mass is 312 g/mol. The zero-order valence-corrected chi connectivity index (χ0v) is 12.8. The predicted molar refractivity (Wildman–Crippen MR) is 74.8 cm³/mol. The molecule has 80 valence electrons. The van der Waals surface area contributed by atoms with Crippen LogP contribution in [-0.2, 0) is 0 Å². The SMILES string of the molecule is CCC1CCCC[Si]1(CC)CC.I. The summed E-state index contributed by atoms with van der Waals surface area (Å²) in [4.78, 5) is 0. The van der Waals surface area contributed by atoms with Crippen molar-refractivity contribution in [2.24, 2.45) is 0 Å². The van der Waals surface area contributed by atoms with Crippen molar-refractivity contribution in [3.8, 4) is 0 Å². The summed E-state index contributed by atoms with van der Waals surface area (Å²) in [6.45, 7) is 7.30. The molecule has 1 heterocycles. The van der Waals surface area contributed by atoms with Gasteiger partial charge in [-0.3, -0.25) is 0 Å². The summed E-state index contributed by atoms with van der Waals surface area (Å²) < 4.78 is 0. The van der Waals surface area contributed by atoms with Crippen LogP contribution < -0.4 is 0 Å². The molecule has 0 aliphatic carbocycles. The molecule has 0 saturated carbocycles. The lowest BCUT2D eigenvalue weighted by molar-refractivity contribution is 0.584. The van der Waals surface area contributed by atoms with Gasteiger partial charge in [-0.25, -0.2) is 0 Å². The summed E-state index contributed by atoms with van der Waals surface area (Å²) in [5, 5.41) is 0. The van der Waals surface area contributed by atoms with E-state index in [0.29, 0.717) is 0 Å². The maximum Gasteiger partial charge on any atom is 0.0561 e. The molecular formula is C11H25ISi. The molecule has 1 unspecified atom stereocenters. The van der Waals surface area contributed by atoms with Crippen LogP contribution in [0.25, 0.3) is 0 Å². The van der Waals surface area contributed by atoms with Gasteiger partial charge in [0.15, 0.2) is 0 Å². The molecule has 1 saturated heterocycles. The quantitative estimate of drug-likeness (QED) is 0.505. The number of halogens is 1. The van der Waals surface area contributed by atoms with E-state index in [0.717, 1.165) is 0 Å². The highest BCUT2D eigenvalue weighted by atomic mass is 127. The van der Waals surface area contributed by atoms with Crippen LogP contribution in [0.2, 0.25) is 23.7 Å². The minimum atomic E-state index is -0.760. The first-order valence-corrected chi connectivity index (χ1v) is 8.49. The van der Waals surface area contributed by atoms with Gasteiger partial charge in [0, 0.05) is 0 Å². The van der Waals surface area contributed by atoms with Crippen LogP contribution in [0.5, 0.6) is 0 Å². The molecule has 1 atom stereocenters. The third-order valence-electron chi connectivity index (χ3n) is 4.24. The molecule has 0 aromatic heterocycles. The zero-order chi connectivity index (χ0) is 9.03. The Balaban J connectivity index is 0.00000144. The van der Waals surface area contributed by atoms with E-state index in [1.807, 2.05) is 0 Å². The zero-order valence-electron chi connectivity index (χ0n) is 9.44. The molecule has 0 nitrogen and oxygen atoms in total. The summed E-state index contributed by atoms with van der Waals surface area (Å²) in [5.74, 6) is 0. The first-order chi connectivity index (χ1) is 5.79. The smallest absolute Gasteiger partial charge is 0.0561 e. The lowest BCUT2D eigenvalue weighted by Gasteiger charge is -2.41. The van der Waals surface area contributed by atoms with Crippen molar-refractivity contribution in [2.75, 3.05) is 0 Å². The Hall–Kier alpha value is 0.947. The fourth-order valence-electron chi connectivity index (χ4n) is 3.20. The van der Waals surface area contributed by atoms with Crippen molar-refractivity contribution in [3.05, 3.63) is 0 Å². The molecule has 13 heavy (non-hydrogen) atoms. The highest BCUT2D eigenvalue weighted by molar-refractivity contribution is 14.0. The molecule has 1 aliphatic heterocycles. The van der Waals surface area contributed by atoms with E-state index in [4.69, 9.17) is 0 Å². The van der Waals surface area contributed by atoms with Crippen molar-refractivity contribution in [1.29, 1.82) is 0 Å². The van der Waals surface area contributed by atoms with Gasteiger partial charge in [-0.05, 0) is 5.54 Å². The maximum absolute atomic E-state index is 2.45. The lowest BCUT2D eigenvalue weighted by Crippen LogP contribution is -2.40. The summed E-state index contributed by atoms with van der Waals surface area (Å²) in [7, 11) is -0.760. The van der Waals surface area contributed by atoms with Crippen molar-refractivity contribution in [2.45, 2.75) is 70.1 Å². The third-order valence-corrected chi connectivity index (χ3v) is 10.8. The van der Waals surface area contributed by atoms with Gasteiger partial charge in [0.05, 0.1) is 8.07 Å². The summed E-state index contributed by atoms with van der Waals surface area (Å²) in [6, 6.07) is 4.72. The maximum atomic E-state index is 2.45. The number of hydrogen-bond donors (Lipinski definition) is 0. The molecule has 2 heteroatoms. The van der Waals surface area contributed by atoms with Gasteiger partial charge in [0.1, 0.15) is 0 Å². The first kappa shape index (κ1) is 13.9. The largest absolute Gasteiger partial charge is 0.107 e. The van der Waals surface area contributed by atoms with Gasteiger partial charge in [-0.1, -0.05) is 64.6 Å². The van der Waals surface area contributed by atoms with Crippen LogP contribution in [0.15, 0.2) is 0 Å². The predicted octanol–water partition coefficient (Wildman–Crippen LogP) is 5.06. The summed E-state index contributed by atoms with van der Waals surface area (Å²) >= 11 is 0. The van der Waals surface area contributed by atoms with E-state index in [1.54, 1.807) is 31.0 Å². The Morgan fingerprint density at radius 3 is 2.08 bits per heavy atom. The van der Waals surface area contributed by atoms with Gasteiger partial charge in [0.25, 0.3) is 0 Å². The molecule has 0 amide bonds. The van der Waals surface area contributed by atoms with Crippen LogP contribution >= 0.6 is 24.0 Å². The van der Waals surface area contributed by atoms with E-state index in [-0.39, 0.29) is 24.0 Å². The average Bonchev–Trinajstić information content (AvgIpc) is 2.17. The van der Waals surface area contributed by atoms with Crippen molar-refractivity contribution in [3.63, 3.8) is 0 Å². The van der Waals surface area contributed by atoms with Gasteiger partial charge in [-0.2, -0.15) is 0 Å². The van der Waals surface area contributed by atoms with Crippen LogP contribution in [-0.4, -0.2) is 8.07 Å². The minimum Gasteiger partial charge on any atom is -0.107 e. The Bertz CT molecular complexity index is 132. The Kier molecular flexibility index (Phi) is 6.90. The van der Waals surface area contributed by atoms with E-state index >= 15 is 0 Å². The van der Waals surface area contributed by atoms with E-state index in [1.165, 1.54) is 18.4 Å². The fourth-order valence-corrected chi connectivity index (χ4v) is 8.60. The van der Waals surface area contributed by atoms with Gasteiger partial charge in [0.2, 0.25) is 0 Å². The van der Waals surface area contributed by atoms with Crippen molar-refractivity contribution >= 4 is 32.1 Å². The average molecular weight is 312 g/mol. The first-order valence-electron chi connectivity index (χ1n) is 5.79. The molecule has 0 radical (unpaired) electrons. The molecule has 0 aromatic rings. The Labute approximate surface area is 102 Å². The fraction of sp³-hybridized carbons (Fsp3) is 1.00. The Morgan fingerprint density at radius 1 is 1.08 bits per heavy atom. The van der Waals surface area contributed by atoms with Crippen LogP contribution in [0.4, 0.5) is 0 Å². The van der Waals surface area contributed by atoms with Crippen LogP contribution in [0, 0.1) is 0 Å². The minimum absolute atomic E-state index is 0. The van der Waals surface area contributed by atoms with Gasteiger partial charge in [-0.15, -0.1) is 24.0 Å². The van der Waals surface area contributed by atoms with E-state index in [2.05, 4.69) is 20.8 Å². The molecule has 0 N–H and O–H groups in total. The normalized spacial score (nSPS) is 26.5. The summed E-state index contributed by atoms with van der Waals surface area (Å²) in [5.41, 5.74) is 1.17. The van der Waals surface area contributed by atoms with Gasteiger partial charge >= 0.3 is 0 Å².